The van der Waals surface area contributed by atoms with Crippen LogP contribution in [-0.4, -0.2) is 100 Å². The molecule has 0 aromatic carbocycles. The summed E-state index contributed by atoms with van der Waals surface area (Å²) in [5.74, 6) is 2.35. The summed E-state index contributed by atoms with van der Waals surface area (Å²) in [5.41, 5.74) is 1.86. The highest BCUT2D eigenvalue weighted by Gasteiger charge is 2.57. The van der Waals surface area contributed by atoms with Gasteiger partial charge in [-0.1, -0.05) is 19.8 Å². The lowest BCUT2D eigenvalue weighted by molar-refractivity contribution is -0.133. The van der Waals surface area contributed by atoms with Crippen LogP contribution in [0.5, 0.6) is 0 Å². The van der Waals surface area contributed by atoms with E-state index in [1.165, 1.54) is 12.7 Å². The molecule has 4 saturated heterocycles. The third-order valence-corrected chi connectivity index (χ3v) is 11.1. The third kappa shape index (κ3) is 5.02. The quantitative estimate of drug-likeness (QED) is 0.503. The van der Waals surface area contributed by atoms with Crippen molar-refractivity contribution in [3.63, 3.8) is 0 Å². The van der Waals surface area contributed by atoms with Crippen LogP contribution in [0.15, 0.2) is 6.33 Å². The van der Waals surface area contributed by atoms with Gasteiger partial charge in [-0.25, -0.2) is 14.8 Å². The smallest absolute Gasteiger partial charge is 0.410 e. The van der Waals surface area contributed by atoms with Crippen LogP contribution in [0.2, 0.25) is 0 Å². The van der Waals surface area contributed by atoms with Crippen molar-refractivity contribution in [2.75, 3.05) is 52.5 Å². The van der Waals surface area contributed by atoms with E-state index in [0.717, 1.165) is 102 Å². The summed E-state index contributed by atoms with van der Waals surface area (Å²) in [6.07, 6.45) is 8.59. The molecule has 0 N–H and O–H groups in total. The molecule has 2 amide bonds. The van der Waals surface area contributed by atoms with Crippen molar-refractivity contribution in [2.24, 2.45) is 23.7 Å². The van der Waals surface area contributed by atoms with Crippen molar-refractivity contribution >= 4 is 12.0 Å². The molecule has 4 aliphatic heterocycles. The molecule has 0 radical (unpaired) electrons. The predicted octanol–water partition coefficient (Wildman–Crippen LogP) is 4.07. The number of nitrogens with zero attached hydrogens (tertiary/aromatic N) is 5. The first-order chi connectivity index (χ1) is 19.2. The highest BCUT2D eigenvalue weighted by molar-refractivity contribution is 5.96. The van der Waals surface area contributed by atoms with E-state index in [1.807, 2.05) is 23.6 Å². The second kappa shape index (κ2) is 10.9. The molecular weight excluding hydrogens is 506 g/mol. The van der Waals surface area contributed by atoms with Gasteiger partial charge in [0, 0.05) is 63.6 Å². The number of amides is 2. The fourth-order valence-corrected chi connectivity index (χ4v) is 8.17. The number of unbranched alkanes of at least 4 members (excludes halogenated alkanes) is 1. The molecule has 5 fully saturated rings. The van der Waals surface area contributed by atoms with Gasteiger partial charge < -0.3 is 19.3 Å². The largest absolute Gasteiger partial charge is 0.442 e. The molecule has 5 aliphatic rings. The van der Waals surface area contributed by atoms with Gasteiger partial charge in [-0.15, -0.1) is 0 Å². The Morgan fingerprint density at radius 1 is 1.02 bits per heavy atom. The van der Waals surface area contributed by atoms with Gasteiger partial charge in [0.25, 0.3) is 5.91 Å². The number of aryl methyl sites for hydroxylation is 2. The van der Waals surface area contributed by atoms with E-state index < -0.39 is 0 Å². The molecule has 1 spiro atoms. The lowest BCUT2D eigenvalue weighted by Gasteiger charge is -2.55. The minimum absolute atomic E-state index is 0.0467. The van der Waals surface area contributed by atoms with Crippen LogP contribution in [0.3, 0.4) is 0 Å². The van der Waals surface area contributed by atoms with Crippen LogP contribution in [0.25, 0.3) is 0 Å². The summed E-state index contributed by atoms with van der Waals surface area (Å²) in [5, 5.41) is 0. The summed E-state index contributed by atoms with van der Waals surface area (Å²) in [6.45, 7) is 15.1. The number of aromatic nitrogens is 2. The topological polar surface area (TPSA) is 88.1 Å². The Labute approximate surface area is 239 Å². The van der Waals surface area contributed by atoms with E-state index in [4.69, 9.17) is 9.47 Å². The molecule has 6 rings (SSSR count). The fourth-order valence-electron chi connectivity index (χ4n) is 8.17. The Kier molecular flexibility index (Phi) is 7.57. The molecule has 9 heteroatoms. The predicted molar refractivity (Wildman–Crippen MR) is 151 cm³/mol. The lowest BCUT2D eigenvalue weighted by Crippen LogP contribution is -2.63. The van der Waals surface area contributed by atoms with Gasteiger partial charge in [0.15, 0.2) is 0 Å². The average molecular weight is 554 g/mol. The molecule has 4 atom stereocenters. The number of ether oxygens (including phenoxy) is 2. The van der Waals surface area contributed by atoms with Crippen molar-refractivity contribution < 1.29 is 19.1 Å². The molecule has 1 aromatic rings. The van der Waals surface area contributed by atoms with Gasteiger partial charge in [-0.3, -0.25) is 9.69 Å². The first kappa shape index (κ1) is 27.9. The number of fused-ring (bicyclic) bond motifs is 1. The minimum Gasteiger partial charge on any atom is -0.442 e. The van der Waals surface area contributed by atoms with Crippen LogP contribution >= 0.6 is 0 Å². The molecule has 1 saturated carbocycles. The van der Waals surface area contributed by atoms with Gasteiger partial charge in [0.2, 0.25) is 0 Å². The van der Waals surface area contributed by atoms with E-state index in [1.54, 1.807) is 0 Å². The number of rotatable bonds is 7. The van der Waals surface area contributed by atoms with Crippen molar-refractivity contribution in [3.05, 3.63) is 23.3 Å². The molecule has 9 nitrogen and oxygen atoms in total. The van der Waals surface area contributed by atoms with Gasteiger partial charge in [0.1, 0.15) is 11.9 Å². The summed E-state index contributed by atoms with van der Waals surface area (Å²) < 4.78 is 12.0. The molecule has 1 aliphatic carbocycles. The maximum Gasteiger partial charge on any atom is 0.410 e. The van der Waals surface area contributed by atoms with Gasteiger partial charge in [0.05, 0.1) is 30.2 Å². The Balaban J connectivity index is 1.07. The van der Waals surface area contributed by atoms with Crippen LogP contribution in [0, 0.1) is 37.5 Å². The zero-order chi connectivity index (χ0) is 28.1. The zero-order valence-electron chi connectivity index (χ0n) is 24.9. The van der Waals surface area contributed by atoms with Crippen LogP contribution in [0.1, 0.15) is 80.5 Å². The average Bonchev–Trinajstić information content (AvgIpc) is 3.34. The Morgan fingerprint density at radius 2 is 1.68 bits per heavy atom. The maximum atomic E-state index is 13.3. The monoisotopic (exact) mass is 553 g/mol. The van der Waals surface area contributed by atoms with Gasteiger partial charge in [-0.05, 0) is 57.8 Å². The van der Waals surface area contributed by atoms with Crippen molar-refractivity contribution in [1.82, 2.24) is 24.7 Å². The minimum atomic E-state index is -0.336. The fraction of sp³-hybridized carbons (Fsp3) is 0.806. The normalized spacial score (nSPS) is 31.2. The molecule has 220 valence electrons. The summed E-state index contributed by atoms with van der Waals surface area (Å²) in [7, 11) is 0. The van der Waals surface area contributed by atoms with E-state index in [9.17, 15) is 9.59 Å². The second-order valence-electron chi connectivity index (χ2n) is 13.4. The highest BCUT2D eigenvalue weighted by Crippen LogP contribution is 2.52. The van der Waals surface area contributed by atoms with Crippen LogP contribution in [0.4, 0.5) is 4.79 Å². The number of piperidine rings is 2. The first-order valence-electron chi connectivity index (χ1n) is 15.6. The van der Waals surface area contributed by atoms with E-state index >= 15 is 0 Å². The standard InChI is InChI=1S/C31H47N5O4/c1-5-6-7-23-16-35(17-24-25-18-39-19-26(24)25)29(38)40-31(23)10-14-36(15-11-31)30(4)8-12-34(13-9-30)28(37)27-21(2)32-20-33-22(27)3/h20,23-26H,5-19H2,1-4H3/t23-,24-,25+,26-/m0/s1. The second-order valence-corrected chi connectivity index (χ2v) is 13.4. The molecular formula is C31H47N5O4. The molecule has 40 heavy (non-hydrogen) atoms. The van der Waals surface area contributed by atoms with Crippen molar-refractivity contribution in [3.8, 4) is 0 Å². The van der Waals surface area contributed by atoms with Crippen LogP contribution < -0.4 is 0 Å². The van der Waals surface area contributed by atoms with Gasteiger partial charge in [-0.2, -0.15) is 0 Å². The Bertz CT molecular complexity index is 1080. The summed E-state index contributed by atoms with van der Waals surface area (Å²) in [4.78, 5) is 41.7. The lowest BCUT2D eigenvalue weighted by atomic mass is 9.74. The van der Waals surface area contributed by atoms with Crippen molar-refractivity contribution in [1.29, 1.82) is 0 Å². The highest BCUT2D eigenvalue weighted by atomic mass is 16.6. The van der Waals surface area contributed by atoms with Crippen LogP contribution in [-0.2, 0) is 9.47 Å². The summed E-state index contributed by atoms with van der Waals surface area (Å²) in [6, 6.07) is 0. The summed E-state index contributed by atoms with van der Waals surface area (Å²) >= 11 is 0. The Morgan fingerprint density at radius 3 is 2.30 bits per heavy atom. The first-order valence-corrected chi connectivity index (χ1v) is 15.6. The molecule has 1 aromatic heterocycles. The number of carbonyl (C=O) groups excluding carboxylic acids is 2. The van der Waals surface area contributed by atoms with Gasteiger partial charge >= 0.3 is 6.09 Å². The maximum absolute atomic E-state index is 13.3. The Hall–Kier alpha value is -2.26. The number of likely N-dealkylation sites (tertiary alicyclic amines) is 2. The number of hydrogen-bond acceptors (Lipinski definition) is 7. The third-order valence-electron chi connectivity index (χ3n) is 11.1. The van der Waals surface area contributed by atoms with E-state index in [2.05, 4.69) is 28.7 Å². The van der Waals surface area contributed by atoms with E-state index in [-0.39, 0.29) is 23.1 Å². The van der Waals surface area contributed by atoms with Crippen molar-refractivity contribution in [2.45, 2.75) is 83.8 Å². The SMILES string of the molecule is CCCC[C@H]1CN(C[C@@H]2[C@@H]3COC[C@@H]32)C(=O)OC12CCN(C1(C)CCN(C(=O)c3c(C)ncnc3C)CC1)CC2. The number of carbonyl (C=O) groups is 2. The molecule has 0 bridgehead atoms. The molecule has 5 heterocycles. The zero-order valence-corrected chi connectivity index (χ0v) is 24.9. The number of hydrogen-bond donors (Lipinski definition) is 0. The molecule has 0 unspecified atom stereocenters. The van der Waals surface area contributed by atoms with E-state index in [0.29, 0.717) is 29.2 Å².